The molecular formula is C14H11F2N3O3. The molecule has 0 aliphatic carbocycles. The minimum absolute atomic E-state index is 0.0623. The number of urea groups is 1. The number of hydrogen-bond donors (Lipinski definition) is 2. The maximum Gasteiger partial charge on any atom is 0.323 e. The summed E-state index contributed by atoms with van der Waals surface area (Å²) in [6, 6.07) is 8.46. The average molecular weight is 307 g/mol. The number of nitro benzene ring substituents is 1. The summed E-state index contributed by atoms with van der Waals surface area (Å²) in [5, 5.41) is 15.4. The molecule has 0 radical (unpaired) electrons. The molecule has 2 rings (SSSR count). The maximum absolute atomic E-state index is 13.2. The predicted molar refractivity (Wildman–Crippen MR) is 76.9 cm³/mol. The summed E-state index contributed by atoms with van der Waals surface area (Å²) in [5.74, 6) is -0.994. The molecule has 0 unspecified atom stereocenters. The number of benzene rings is 2. The van der Waals surface area contributed by atoms with Crippen molar-refractivity contribution in [1.29, 1.82) is 0 Å². The lowest BCUT2D eigenvalue weighted by molar-refractivity contribution is -0.387. The standard InChI is InChI=1S/C14H11F2N3O3/c15-8-9-2-1-3-10(6-9)17-14(20)18-11-4-5-12(16)13(7-11)19(21)22/h1-7H,8H2,(H2,17,18,20). The van der Waals surface area contributed by atoms with Crippen LogP contribution in [0, 0.1) is 15.9 Å². The van der Waals surface area contributed by atoms with Gasteiger partial charge in [-0.05, 0) is 29.8 Å². The van der Waals surface area contributed by atoms with Gasteiger partial charge >= 0.3 is 11.7 Å². The first-order valence-electron chi connectivity index (χ1n) is 6.16. The van der Waals surface area contributed by atoms with Crippen molar-refractivity contribution in [2.75, 3.05) is 10.6 Å². The first kappa shape index (κ1) is 15.4. The van der Waals surface area contributed by atoms with Gasteiger partial charge in [-0.2, -0.15) is 4.39 Å². The Labute approximate surface area is 123 Å². The SMILES string of the molecule is O=C(Nc1cccc(CF)c1)Nc1ccc(F)c([N+](=O)[O-])c1. The van der Waals surface area contributed by atoms with Gasteiger partial charge in [-0.15, -0.1) is 0 Å². The van der Waals surface area contributed by atoms with E-state index >= 15 is 0 Å². The van der Waals surface area contributed by atoms with Crippen LogP contribution in [-0.2, 0) is 6.67 Å². The molecule has 0 saturated heterocycles. The van der Waals surface area contributed by atoms with Gasteiger partial charge in [-0.3, -0.25) is 10.1 Å². The van der Waals surface area contributed by atoms with Gasteiger partial charge in [0.05, 0.1) is 4.92 Å². The highest BCUT2D eigenvalue weighted by Crippen LogP contribution is 2.21. The van der Waals surface area contributed by atoms with Crippen molar-refractivity contribution in [2.24, 2.45) is 0 Å². The smallest absolute Gasteiger partial charge is 0.308 e. The van der Waals surface area contributed by atoms with Crippen LogP contribution in [0.15, 0.2) is 42.5 Å². The molecule has 0 atom stereocenters. The molecule has 0 spiro atoms. The molecule has 2 amide bonds. The number of anilines is 2. The van der Waals surface area contributed by atoms with Gasteiger partial charge < -0.3 is 10.6 Å². The highest BCUT2D eigenvalue weighted by Gasteiger charge is 2.15. The van der Waals surface area contributed by atoms with Crippen molar-refractivity contribution >= 4 is 23.1 Å². The van der Waals surface area contributed by atoms with E-state index in [4.69, 9.17) is 0 Å². The van der Waals surface area contributed by atoms with E-state index in [0.717, 1.165) is 12.1 Å². The number of carbonyl (C=O) groups is 1. The minimum Gasteiger partial charge on any atom is -0.308 e. The second kappa shape index (κ2) is 6.61. The summed E-state index contributed by atoms with van der Waals surface area (Å²) in [6.07, 6.45) is 0. The fourth-order valence-corrected chi connectivity index (χ4v) is 1.76. The van der Waals surface area contributed by atoms with Crippen LogP contribution >= 0.6 is 0 Å². The predicted octanol–water partition coefficient (Wildman–Crippen LogP) is 3.85. The molecule has 0 fully saturated rings. The monoisotopic (exact) mass is 307 g/mol. The highest BCUT2D eigenvalue weighted by atomic mass is 19.1. The Morgan fingerprint density at radius 1 is 1.14 bits per heavy atom. The minimum atomic E-state index is -0.994. The number of carbonyl (C=O) groups excluding carboxylic acids is 1. The van der Waals surface area contributed by atoms with Crippen LogP contribution < -0.4 is 10.6 Å². The number of amides is 2. The fraction of sp³-hybridized carbons (Fsp3) is 0.0714. The molecule has 114 valence electrons. The molecule has 2 aromatic carbocycles. The van der Waals surface area contributed by atoms with E-state index < -0.39 is 29.1 Å². The summed E-state index contributed by atoms with van der Waals surface area (Å²) in [6.45, 7) is -0.665. The molecular weight excluding hydrogens is 296 g/mol. The van der Waals surface area contributed by atoms with Gasteiger partial charge in [0.1, 0.15) is 6.67 Å². The maximum atomic E-state index is 13.2. The van der Waals surface area contributed by atoms with E-state index in [-0.39, 0.29) is 5.69 Å². The third-order valence-corrected chi connectivity index (χ3v) is 2.74. The largest absolute Gasteiger partial charge is 0.323 e. The zero-order valence-electron chi connectivity index (χ0n) is 11.2. The van der Waals surface area contributed by atoms with Crippen LogP contribution in [0.3, 0.4) is 0 Å². The number of rotatable bonds is 4. The van der Waals surface area contributed by atoms with Crippen molar-refractivity contribution in [3.63, 3.8) is 0 Å². The van der Waals surface area contributed by atoms with Crippen LogP contribution in [0.5, 0.6) is 0 Å². The van der Waals surface area contributed by atoms with Crippen LogP contribution in [-0.4, -0.2) is 11.0 Å². The Morgan fingerprint density at radius 3 is 2.45 bits per heavy atom. The highest BCUT2D eigenvalue weighted by molar-refractivity contribution is 5.99. The number of halogens is 2. The van der Waals surface area contributed by atoms with Gasteiger partial charge in [0.2, 0.25) is 5.82 Å². The molecule has 0 saturated carbocycles. The summed E-state index contributed by atoms with van der Waals surface area (Å²) in [5.41, 5.74) is 0.0870. The van der Waals surface area contributed by atoms with E-state index in [0.29, 0.717) is 11.3 Å². The Hall–Kier alpha value is -3.03. The van der Waals surface area contributed by atoms with Crippen LogP contribution in [0.1, 0.15) is 5.56 Å². The van der Waals surface area contributed by atoms with Crippen LogP contribution in [0.2, 0.25) is 0 Å². The van der Waals surface area contributed by atoms with Gasteiger partial charge in [0, 0.05) is 17.4 Å². The zero-order valence-corrected chi connectivity index (χ0v) is 11.2. The zero-order chi connectivity index (χ0) is 16.1. The van der Waals surface area contributed by atoms with E-state index in [1.807, 2.05) is 0 Å². The lowest BCUT2D eigenvalue weighted by Crippen LogP contribution is -2.19. The van der Waals surface area contributed by atoms with E-state index in [1.165, 1.54) is 12.1 Å². The first-order chi connectivity index (χ1) is 10.5. The molecule has 22 heavy (non-hydrogen) atoms. The molecule has 0 aromatic heterocycles. The van der Waals surface area contributed by atoms with Gasteiger partial charge in [0.15, 0.2) is 0 Å². The molecule has 2 aromatic rings. The Morgan fingerprint density at radius 2 is 1.82 bits per heavy atom. The van der Waals surface area contributed by atoms with E-state index in [2.05, 4.69) is 10.6 Å². The summed E-state index contributed by atoms with van der Waals surface area (Å²) in [4.78, 5) is 21.5. The van der Waals surface area contributed by atoms with Crippen LogP contribution in [0.25, 0.3) is 0 Å². The van der Waals surface area contributed by atoms with Crippen molar-refractivity contribution in [1.82, 2.24) is 0 Å². The third kappa shape index (κ3) is 3.75. The lowest BCUT2D eigenvalue weighted by Gasteiger charge is -2.08. The molecule has 2 N–H and O–H groups in total. The molecule has 6 nitrogen and oxygen atoms in total. The van der Waals surface area contributed by atoms with Crippen molar-refractivity contribution < 1.29 is 18.5 Å². The number of nitro groups is 1. The Bertz CT molecular complexity index is 722. The van der Waals surface area contributed by atoms with Crippen molar-refractivity contribution in [2.45, 2.75) is 6.67 Å². The lowest BCUT2D eigenvalue weighted by atomic mass is 10.2. The average Bonchev–Trinajstić information content (AvgIpc) is 2.49. The second-order valence-corrected chi connectivity index (χ2v) is 4.34. The second-order valence-electron chi connectivity index (χ2n) is 4.34. The molecule has 0 heterocycles. The number of hydrogen-bond acceptors (Lipinski definition) is 3. The quantitative estimate of drug-likeness (QED) is 0.664. The first-order valence-corrected chi connectivity index (χ1v) is 6.16. The van der Waals surface area contributed by atoms with E-state index in [9.17, 15) is 23.7 Å². The Kier molecular flexibility index (Phi) is 4.62. The van der Waals surface area contributed by atoms with E-state index in [1.54, 1.807) is 18.2 Å². The van der Waals surface area contributed by atoms with Crippen molar-refractivity contribution in [3.8, 4) is 0 Å². The fourth-order valence-electron chi connectivity index (χ4n) is 1.76. The molecule has 0 aliphatic rings. The van der Waals surface area contributed by atoms with Crippen molar-refractivity contribution in [3.05, 3.63) is 64.0 Å². The number of nitrogens with one attached hydrogen (secondary N) is 2. The number of alkyl halides is 1. The summed E-state index contributed by atoms with van der Waals surface area (Å²) < 4.78 is 25.7. The molecule has 8 heteroatoms. The molecule has 0 bridgehead atoms. The van der Waals surface area contributed by atoms with Crippen LogP contribution in [0.4, 0.5) is 30.6 Å². The molecule has 0 aliphatic heterocycles. The van der Waals surface area contributed by atoms with Gasteiger partial charge in [-0.25, -0.2) is 9.18 Å². The normalized spacial score (nSPS) is 10.1. The number of nitrogens with zero attached hydrogens (tertiary/aromatic N) is 1. The third-order valence-electron chi connectivity index (χ3n) is 2.74. The summed E-state index contributed by atoms with van der Waals surface area (Å²) in [7, 11) is 0. The van der Waals surface area contributed by atoms with Gasteiger partial charge in [-0.1, -0.05) is 12.1 Å². The summed E-state index contributed by atoms with van der Waals surface area (Å²) >= 11 is 0. The Balaban J connectivity index is 2.08. The van der Waals surface area contributed by atoms with Gasteiger partial charge in [0.25, 0.3) is 0 Å². The topological polar surface area (TPSA) is 84.3 Å².